The molecule has 5 rings (SSSR count). The maximum absolute atomic E-state index is 13.3. The first-order chi connectivity index (χ1) is 15.3. The molecule has 1 heterocycles. The van der Waals surface area contributed by atoms with E-state index in [-0.39, 0.29) is 41.5 Å². The van der Waals surface area contributed by atoms with Crippen LogP contribution in [0.15, 0.2) is 52.6 Å². The molecule has 1 fully saturated rings. The standard InChI is InChI=1S/C25H23NO6/c1-3-32-19-9-12(4-7-17(19)27)20-13-5-6-14-21(25(31)26-24(14)30)15(13)10-16-18(28)8-11(2)23(29)22(16)20/h4-5,7-9,14-15,20-21,27H,3,6,10H2,1-2H3,(H,26,30,31). The van der Waals surface area contributed by atoms with Crippen LogP contribution < -0.4 is 10.1 Å². The first kappa shape index (κ1) is 20.4. The maximum Gasteiger partial charge on any atom is 0.231 e. The molecule has 0 bridgehead atoms. The first-order valence-electron chi connectivity index (χ1n) is 10.8. The molecule has 0 radical (unpaired) electrons. The maximum atomic E-state index is 13.3. The Hall–Kier alpha value is -3.48. The van der Waals surface area contributed by atoms with Crippen molar-refractivity contribution < 1.29 is 29.0 Å². The summed E-state index contributed by atoms with van der Waals surface area (Å²) in [6, 6.07) is 4.92. The summed E-state index contributed by atoms with van der Waals surface area (Å²) >= 11 is 0. The molecule has 0 spiro atoms. The van der Waals surface area contributed by atoms with Crippen molar-refractivity contribution in [1.29, 1.82) is 0 Å². The molecule has 7 heteroatoms. The number of amides is 2. The number of rotatable bonds is 3. The lowest BCUT2D eigenvalue weighted by Crippen LogP contribution is -2.39. The van der Waals surface area contributed by atoms with Gasteiger partial charge in [-0.3, -0.25) is 24.5 Å². The van der Waals surface area contributed by atoms with Crippen molar-refractivity contribution in [3.05, 3.63) is 58.2 Å². The summed E-state index contributed by atoms with van der Waals surface area (Å²) in [5.74, 6) is -2.65. The Labute approximate surface area is 184 Å². The number of aromatic hydroxyl groups is 1. The first-order valence-corrected chi connectivity index (χ1v) is 10.8. The highest BCUT2D eigenvalue weighted by Crippen LogP contribution is 2.54. The van der Waals surface area contributed by atoms with Crippen LogP contribution in [-0.2, 0) is 19.2 Å². The summed E-state index contributed by atoms with van der Waals surface area (Å²) in [4.78, 5) is 51.2. The van der Waals surface area contributed by atoms with Gasteiger partial charge in [0.15, 0.2) is 23.1 Å². The van der Waals surface area contributed by atoms with Gasteiger partial charge in [0.2, 0.25) is 11.8 Å². The van der Waals surface area contributed by atoms with Crippen LogP contribution in [0, 0.1) is 17.8 Å². The number of carbonyl (C=O) groups is 4. The number of ether oxygens (including phenoxy) is 1. The monoisotopic (exact) mass is 433 g/mol. The van der Waals surface area contributed by atoms with Gasteiger partial charge in [0, 0.05) is 22.6 Å². The fourth-order valence-electron chi connectivity index (χ4n) is 5.63. The fraction of sp³-hybridized carbons (Fsp3) is 0.360. The lowest BCUT2D eigenvalue weighted by atomic mass is 9.59. The Balaban J connectivity index is 1.71. The summed E-state index contributed by atoms with van der Waals surface area (Å²) < 4.78 is 5.55. The number of ketones is 2. The molecule has 0 aromatic heterocycles. The Morgan fingerprint density at radius 2 is 1.91 bits per heavy atom. The fourth-order valence-corrected chi connectivity index (χ4v) is 5.63. The summed E-state index contributed by atoms with van der Waals surface area (Å²) in [5.41, 5.74) is 2.79. The minimum atomic E-state index is -0.558. The zero-order valence-electron chi connectivity index (χ0n) is 17.8. The number of fused-ring (bicyclic) bond motifs is 3. The highest BCUT2D eigenvalue weighted by molar-refractivity contribution is 6.23. The van der Waals surface area contributed by atoms with Gasteiger partial charge in [-0.2, -0.15) is 0 Å². The third-order valence-electron chi connectivity index (χ3n) is 7.02. The van der Waals surface area contributed by atoms with Crippen LogP contribution in [0.4, 0.5) is 0 Å². The van der Waals surface area contributed by atoms with Crippen molar-refractivity contribution >= 4 is 23.4 Å². The molecule has 1 aliphatic heterocycles. The average Bonchev–Trinajstić information content (AvgIpc) is 3.06. The van der Waals surface area contributed by atoms with Crippen molar-refractivity contribution in [2.24, 2.45) is 17.8 Å². The molecule has 4 unspecified atom stereocenters. The summed E-state index contributed by atoms with van der Waals surface area (Å²) in [5, 5.41) is 12.6. The molecular formula is C25H23NO6. The molecule has 4 aliphatic rings. The van der Waals surface area contributed by atoms with E-state index in [0.29, 0.717) is 41.1 Å². The largest absolute Gasteiger partial charge is 0.504 e. The van der Waals surface area contributed by atoms with E-state index in [1.165, 1.54) is 12.1 Å². The van der Waals surface area contributed by atoms with E-state index < -0.39 is 17.8 Å². The number of phenols is 1. The van der Waals surface area contributed by atoms with Crippen molar-refractivity contribution in [2.45, 2.75) is 32.6 Å². The number of nitrogens with one attached hydrogen (secondary N) is 1. The lowest BCUT2D eigenvalue weighted by Gasteiger charge is -2.42. The number of imide groups is 1. The Kier molecular flexibility index (Phi) is 4.65. The van der Waals surface area contributed by atoms with Crippen LogP contribution in [0.2, 0.25) is 0 Å². The molecule has 164 valence electrons. The van der Waals surface area contributed by atoms with E-state index in [1.807, 2.05) is 6.08 Å². The summed E-state index contributed by atoms with van der Waals surface area (Å²) in [6.45, 7) is 3.79. The molecular weight excluding hydrogens is 410 g/mol. The highest BCUT2D eigenvalue weighted by Gasteiger charge is 2.53. The van der Waals surface area contributed by atoms with Crippen LogP contribution in [0.25, 0.3) is 0 Å². The zero-order valence-corrected chi connectivity index (χ0v) is 17.8. The number of benzene rings is 1. The molecule has 1 aromatic carbocycles. The molecule has 1 aromatic rings. The minimum absolute atomic E-state index is 0.0160. The Morgan fingerprint density at radius 1 is 1.12 bits per heavy atom. The second kappa shape index (κ2) is 7.29. The van der Waals surface area contributed by atoms with Gasteiger partial charge in [-0.15, -0.1) is 0 Å². The van der Waals surface area contributed by atoms with Crippen molar-refractivity contribution in [1.82, 2.24) is 5.32 Å². The van der Waals surface area contributed by atoms with E-state index in [9.17, 15) is 24.3 Å². The van der Waals surface area contributed by atoms with Crippen LogP contribution >= 0.6 is 0 Å². The van der Waals surface area contributed by atoms with E-state index in [4.69, 9.17) is 4.74 Å². The smallest absolute Gasteiger partial charge is 0.231 e. The second-order valence-corrected chi connectivity index (χ2v) is 8.74. The van der Waals surface area contributed by atoms with Gasteiger partial charge in [-0.05, 0) is 56.4 Å². The normalized spacial score (nSPS) is 29.1. The van der Waals surface area contributed by atoms with Gasteiger partial charge in [0.05, 0.1) is 18.4 Å². The SMILES string of the molecule is CCOc1cc(C2C3=CCC4C(=O)NC(=O)C4C3CC3=C2C(=O)C(C)=CC3=O)ccc1O. The lowest BCUT2D eigenvalue weighted by molar-refractivity contribution is -0.126. The van der Waals surface area contributed by atoms with Crippen LogP contribution in [0.3, 0.4) is 0 Å². The molecule has 2 amide bonds. The number of phenolic OH excluding ortho intramolecular Hbond substituents is 1. The molecule has 3 aliphatic carbocycles. The molecule has 1 saturated heterocycles. The van der Waals surface area contributed by atoms with Gasteiger partial charge in [-0.1, -0.05) is 17.7 Å². The highest BCUT2D eigenvalue weighted by atomic mass is 16.5. The van der Waals surface area contributed by atoms with Crippen LogP contribution in [0.5, 0.6) is 11.5 Å². The summed E-state index contributed by atoms with van der Waals surface area (Å²) in [7, 11) is 0. The molecule has 2 N–H and O–H groups in total. The molecule has 7 nitrogen and oxygen atoms in total. The molecule has 0 saturated carbocycles. The van der Waals surface area contributed by atoms with Crippen molar-refractivity contribution in [3.63, 3.8) is 0 Å². The Bertz CT molecular complexity index is 1190. The number of hydrogen-bond donors (Lipinski definition) is 2. The van der Waals surface area contributed by atoms with E-state index >= 15 is 0 Å². The Morgan fingerprint density at radius 3 is 2.66 bits per heavy atom. The van der Waals surface area contributed by atoms with Crippen molar-refractivity contribution in [2.75, 3.05) is 6.61 Å². The third-order valence-corrected chi connectivity index (χ3v) is 7.02. The van der Waals surface area contributed by atoms with Gasteiger partial charge in [-0.25, -0.2) is 0 Å². The second-order valence-electron chi connectivity index (χ2n) is 8.74. The van der Waals surface area contributed by atoms with Gasteiger partial charge in [0.1, 0.15) is 0 Å². The van der Waals surface area contributed by atoms with Gasteiger partial charge in [0.25, 0.3) is 0 Å². The zero-order chi connectivity index (χ0) is 22.7. The van der Waals surface area contributed by atoms with Crippen LogP contribution in [0.1, 0.15) is 38.2 Å². The van der Waals surface area contributed by atoms with Gasteiger partial charge >= 0.3 is 0 Å². The minimum Gasteiger partial charge on any atom is -0.504 e. The van der Waals surface area contributed by atoms with Gasteiger partial charge < -0.3 is 9.84 Å². The van der Waals surface area contributed by atoms with E-state index in [1.54, 1.807) is 26.0 Å². The average molecular weight is 433 g/mol. The van der Waals surface area contributed by atoms with Crippen LogP contribution in [-0.4, -0.2) is 35.1 Å². The van der Waals surface area contributed by atoms with E-state index in [2.05, 4.69) is 5.32 Å². The molecule has 4 atom stereocenters. The third kappa shape index (κ3) is 2.87. The summed E-state index contributed by atoms with van der Waals surface area (Å²) in [6.07, 6.45) is 3.97. The predicted octanol–water partition coefficient (Wildman–Crippen LogP) is 2.51. The van der Waals surface area contributed by atoms with Crippen molar-refractivity contribution in [3.8, 4) is 11.5 Å². The number of hydrogen-bond acceptors (Lipinski definition) is 6. The predicted molar refractivity (Wildman–Crippen MR) is 114 cm³/mol. The number of carbonyl (C=O) groups excluding carboxylic acids is 4. The number of allylic oxidation sites excluding steroid dienone is 6. The number of Topliss-reactive ketones (excluding diaryl/α,β-unsaturated/α-hetero) is 1. The molecule has 32 heavy (non-hydrogen) atoms. The topological polar surface area (TPSA) is 110 Å². The quantitative estimate of drug-likeness (QED) is 0.431. The van der Waals surface area contributed by atoms with E-state index in [0.717, 1.165) is 5.57 Å².